The summed E-state index contributed by atoms with van der Waals surface area (Å²) < 4.78 is 13.6. The minimum Gasteiger partial charge on any atom is -0.480 e. The Balaban J connectivity index is 2.23. The van der Waals surface area contributed by atoms with Crippen LogP contribution in [0.3, 0.4) is 0 Å². The van der Waals surface area contributed by atoms with E-state index in [1.165, 1.54) is 23.5 Å². The molecule has 100 valence electrons. The summed E-state index contributed by atoms with van der Waals surface area (Å²) in [6.07, 6.45) is 0.211. The number of hydrogen-bond acceptors (Lipinski definition) is 4. The van der Waals surface area contributed by atoms with Crippen LogP contribution in [0.25, 0.3) is 0 Å². The van der Waals surface area contributed by atoms with Crippen molar-refractivity contribution in [3.8, 4) is 0 Å². The summed E-state index contributed by atoms with van der Waals surface area (Å²) in [5, 5.41) is 11.2. The lowest BCUT2D eigenvalue weighted by Gasteiger charge is -2.03. The summed E-state index contributed by atoms with van der Waals surface area (Å²) in [6.45, 7) is 0. The van der Waals surface area contributed by atoms with Gasteiger partial charge >= 0.3 is 5.97 Å². The Hall–Kier alpha value is -1.50. The Morgan fingerprint density at radius 1 is 1.58 bits per heavy atom. The number of nitrogens with zero attached hydrogens (tertiary/aromatic N) is 1. The number of aromatic nitrogens is 1. The van der Waals surface area contributed by atoms with Crippen LogP contribution >= 0.6 is 22.9 Å². The third-order valence-electron chi connectivity index (χ3n) is 2.54. The first-order valence-corrected chi connectivity index (χ1v) is 6.60. The minimum absolute atomic E-state index is 0.211. The molecule has 0 fully saturated rings. The fourth-order valence-electron chi connectivity index (χ4n) is 1.53. The van der Waals surface area contributed by atoms with Crippen molar-refractivity contribution in [1.29, 1.82) is 0 Å². The lowest BCUT2D eigenvalue weighted by atomic mass is 10.1. The Morgan fingerprint density at radius 2 is 2.32 bits per heavy atom. The van der Waals surface area contributed by atoms with E-state index in [1.807, 2.05) is 0 Å². The maximum atomic E-state index is 13.6. The number of thiazole rings is 1. The van der Waals surface area contributed by atoms with Gasteiger partial charge in [-0.05, 0) is 12.1 Å². The van der Waals surface area contributed by atoms with Crippen molar-refractivity contribution in [1.82, 2.24) is 4.98 Å². The van der Waals surface area contributed by atoms with Crippen LogP contribution in [0.1, 0.15) is 22.3 Å². The molecule has 3 N–H and O–H groups in total. The monoisotopic (exact) mass is 300 g/mol. The molecule has 2 aromatic rings. The first-order chi connectivity index (χ1) is 8.99. The Labute approximate surface area is 117 Å². The third kappa shape index (κ3) is 3.09. The van der Waals surface area contributed by atoms with Gasteiger partial charge in [-0.2, -0.15) is 0 Å². The minimum atomic E-state index is -1.17. The lowest BCUT2D eigenvalue weighted by Crippen LogP contribution is -2.20. The van der Waals surface area contributed by atoms with Gasteiger partial charge < -0.3 is 10.8 Å². The molecular formula is C12H10ClFN2O2S. The van der Waals surface area contributed by atoms with E-state index in [0.29, 0.717) is 15.6 Å². The number of carbonyl (C=O) groups is 1. The molecule has 0 aliphatic carbocycles. The molecule has 1 heterocycles. The summed E-state index contributed by atoms with van der Waals surface area (Å²) in [4.78, 5) is 14.8. The van der Waals surface area contributed by atoms with Gasteiger partial charge in [0.05, 0.1) is 10.7 Å². The van der Waals surface area contributed by atoms with Crippen molar-refractivity contribution in [3.05, 3.63) is 50.7 Å². The maximum Gasteiger partial charge on any atom is 0.326 e. The van der Waals surface area contributed by atoms with Crippen LogP contribution in [0.5, 0.6) is 0 Å². The molecule has 0 bridgehead atoms. The Kier molecular flexibility index (Phi) is 4.14. The highest BCUT2D eigenvalue weighted by molar-refractivity contribution is 7.09. The van der Waals surface area contributed by atoms with Crippen molar-refractivity contribution in [2.24, 2.45) is 5.73 Å². The Morgan fingerprint density at radius 3 is 2.95 bits per heavy atom. The van der Waals surface area contributed by atoms with Crippen molar-refractivity contribution < 1.29 is 14.3 Å². The zero-order valence-corrected chi connectivity index (χ0v) is 11.2. The van der Waals surface area contributed by atoms with E-state index in [9.17, 15) is 9.18 Å². The second-order valence-electron chi connectivity index (χ2n) is 3.86. The second kappa shape index (κ2) is 5.64. The predicted octanol–water partition coefficient (Wildman–Crippen LogP) is 2.61. The summed E-state index contributed by atoms with van der Waals surface area (Å²) in [5.41, 5.74) is 6.05. The normalized spacial score (nSPS) is 12.4. The van der Waals surface area contributed by atoms with Crippen LogP contribution in [-0.2, 0) is 11.2 Å². The maximum absolute atomic E-state index is 13.6. The number of benzene rings is 1. The molecule has 0 saturated carbocycles. The van der Waals surface area contributed by atoms with E-state index in [2.05, 4.69) is 4.98 Å². The third-order valence-corrected chi connectivity index (χ3v) is 3.77. The molecule has 1 aromatic heterocycles. The summed E-state index contributed by atoms with van der Waals surface area (Å²) in [7, 11) is 0. The molecule has 0 aliphatic heterocycles. The molecule has 0 spiro atoms. The zero-order chi connectivity index (χ0) is 14.0. The molecule has 0 aliphatic rings. The van der Waals surface area contributed by atoms with Gasteiger partial charge in [0, 0.05) is 22.4 Å². The van der Waals surface area contributed by atoms with Crippen LogP contribution < -0.4 is 5.73 Å². The highest BCUT2D eigenvalue weighted by atomic mass is 35.5. The topological polar surface area (TPSA) is 76.2 Å². The molecule has 7 heteroatoms. The quantitative estimate of drug-likeness (QED) is 0.910. The second-order valence-corrected chi connectivity index (χ2v) is 5.21. The van der Waals surface area contributed by atoms with Crippen molar-refractivity contribution >= 4 is 28.9 Å². The summed E-state index contributed by atoms with van der Waals surface area (Å²) in [6, 6.07) is 3.27. The number of aliphatic carboxylic acids is 1. The van der Waals surface area contributed by atoms with E-state index in [4.69, 9.17) is 22.4 Å². The van der Waals surface area contributed by atoms with Crippen LogP contribution in [0.2, 0.25) is 5.02 Å². The summed E-state index contributed by atoms with van der Waals surface area (Å²) in [5.74, 6) is -1.56. The molecule has 1 aromatic carbocycles. The molecule has 0 amide bonds. The van der Waals surface area contributed by atoms with Crippen molar-refractivity contribution in [2.75, 3.05) is 0 Å². The van der Waals surface area contributed by atoms with E-state index < -0.39 is 17.8 Å². The number of carboxylic acid groups (broad SMARTS) is 1. The van der Waals surface area contributed by atoms with Gasteiger partial charge in [-0.15, -0.1) is 11.3 Å². The average Bonchev–Trinajstić information content (AvgIpc) is 2.81. The number of hydrogen-bond donors (Lipinski definition) is 2. The molecule has 1 atom stereocenters. The molecule has 2 rings (SSSR count). The SMILES string of the molecule is NC(C(=O)O)c1csc(Cc2c(F)cccc2Cl)n1. The van der Waals surface area contributed by atoms with Gasteiger partial charge in [0.25, 0.3) is 0 Å². The van der Waals surface area contributed by atoms with Crippen molar-refractivity contribution in [2.45, 2.75) is 12.5 Å². The fraction of sp³-hybridized carbons (Fsp3) is 0.167. The van der Waals surface area contributed by atoms with E-state index in [1.54, 1.807) is 11.4 Å². The highest BCUT2D eigenvalue weighted by Crippen LogP contribution is 2.24. The lowest BCUT2D eigenvalue weighted by molar-refractivity contribution is -0.138. The predicted molar refractivity (Wildman–Crippen MR) is 70.9 cm³/mol. The van der Waals surface area contributed by atoms with Gasteiger partial charge in [0.2, 0.25) is 0 Å². The van der Waals surface area contributed by atoms with E-state index in [-0.39, 0.29) is 12.1 Å². The van der Waals surface area contributed by atoms with Crippen molar-refractivity contribution in [3.63, 3.8) is 0 Å². The van der Waals surface area contributed by atoms with E-state index in [0.717, 1.165) is 0 Å². The molecule has 1 unspecified atom stereocenters. The smallest absolute Gasteiger partial charge is 0.326 e. The van der Waals surface area contributed by atoms with Gasteiger partial charge in [0.1, 0.15) is 11.9 Å². The van der Waals surface area contributed by atoms with Crippen LogP contribution in [0.4, 0.5) is 4.39 Å². The van der Waals surface area contributed by atoms with Crippen LogP contribution in [0, 0.1) is 5.82 Å². The highest BCUT2D eigenvalue weighted by Gasteiger charge is 2.18. The Bertz CT molecular complexity index is 597. The zero-order valence-electron chi connectivity index (χ0n) is 9.64. The number of nitrogens with two attached hydrogens (primary N) is 1. The van der Waals surface area contributed by atoms with Gasteiger partial charge in [-0.1, -0.05) is 17.7 Å². The van der Waals surface area contributed by atoms with Gasteiger partial charge in [-0.3, -0.25) is 4.79 Å². The molecule has 0 radical (unpaired) electrons. The van der Waals surface area contributed by atoms with Crippen LogP contribution in [-0.4, -0.2) is 16.1 Å². The molecule has 0 saturated heterocycles. The molecular weight excluding hydrogens is 291 g/mol. The van der Waals surface area contributed by atoms with Gasteiger partial charge in [-0.25, -0.2) is 9.37 Å². The first kappa shape index (κ1) is 13.9. The fourth-order valence-corrected chi connectivity index (χ4v) is 2.60. The standard InChI is InChI=1S/C12H10ClFN2O2S/c13-7-2-1-3-8(14)6(7)4-10-16-9(5-19-10)11(15)12(17)18/h1-3,5,11H,4,15H2,(H,17,18). The number of rotatable bonds is 4. The number of carboxylic acids is 1. The summed E-state index contributed by atoms with van der Waals surface area (Å²) >= 11 is 7.15. The molecule has 4 nitrogen and oxygen atoms in total. The number of halogens is 2. The largest absolute Gasteiger partial charge is 0.480 e. The van der Waals surface area contributed by atoms with E-state index >= 15 is 0 Å². The molecule has 19 heavy (non-hydrogen) atoms. The van der Waals surface area contributed by atoms with Gasteiger partial charge in [0.15, 0.2) is 0 Å². The van der Waals surface area contributed by atoms with Crippen LogP contribution in [0.15, 0.2) is 23.6 Å². The average molecular weight is 301 g/mol. The first-order valence-electron chi connectivity index (χ1n) is 5.34.